The van der Waals surface area contributed by atoms with E-state index < -0.39 is 0 Å². The summed E-state index contributed by atoms with van der Waals surface area (Å²) in [6.07, 6.45) is 0.670. The molecule has 0 fully saturated rings. The second-order valence-electron chi connectivity index (χ2n) is 4.12. The minimum Gasteiger partial charge on any atom is -0.475 e. The first-order valence-corrected chi connectivity index (χ1v) is 5.58. The first-order chi connectivity index (χ1) is 7.58. The zero-order valence-electron chi connectivity index (χ0n) is 10.1. The minimum absolute atomic E-state index is 0.307. The highest BCUT2D eigenvalue weighted by Crippen LogP contribution is 2.18. The molecule has 0 saturated carbocycles. The van der Waals surface area contributed by atoms with Gasteiger partial charge in [0.2, 0.25) is 0 Å². The molecule has 0 aromatic heterocycles. The molecular formula is C12H19BNO2. The van der Waals surface area contributed by atoms with Crippen LogP contribution in [0.3, 0.4) is 0 Å². The molecule has 1 rings (SSSR count). The van der Waals surface area contributed by atoms with Crippen molar-refractivity contribution in [1.29, 1.82) is 0 Å². The summed E-state index contributed by atoms with van der Waals surface area (Å²) < 4.78 is 5.69. The van der Waals surface area contributed by atoms with Gasteiger partial charge in [0.1, 0.15) is 12.0 Å². The van der Waals surface area contributed by atoms with Crippen LogP contribution in [0.2, 0.25) is 0 Å². The predicted molar refractivity (Wildman–Crippen MR) is 66.8 cm³/mol. The fourth-order valence-electron chi connectivity index (χ4n) is 1.32. The average Bonchev–Trinajstić information content (AvgIpc) is 2.30. The molecule has 0 spiro atoms. The van der Waals surface area contributed by atoms with Crippen LogP contribution >= 0.6 is 0 Å². The third-order valence-corrected chi connectivity index (χ3v) is 2.83. The van der Waals surface area contributed by atoms with Crippen LogP contribution in [0.4, 0.5) is 0 Å². The van der Waals surface area contributed by atoms with Crippen molar-refractivity contribution in [3.8, 4) is 5.75 Å². The van der Waals surface area contributed by atoms with Gasteiger partial charge in [-0.05, 0) is 25.0 Å². The molecule has 87 valence electrons. The molecule has 3 N–H and O–H groups in total. The average molecular weight is 220 g/mol. The first-order valence-electron chi connectivity index (χ1n) is 5.58. The molecule has 2 unspecified atom stereocenters. The quantitative estimate of drug-likeness (QED) is 0.573. The van der Waals surface area contributed by atoms with Crippen molar-refractivity contribution < 1.29 is 9.76 Å². The van der Waals surface area contributed by atoms with E-state index in [1.807, 2.05) is 19.1 Å². The molecule has 0 aliphatic rings. The van der Waals surface area contributed by atoms with Gasteiger partial charge in [0.05, 0.1) is 0 Å². The van der Waals surface area contributed by atoms with Gasteiger partial charge < -0.3 is 9.76 Å². The van der Waals surface area contributed by atoms with E-state index in [0.717, 1.165) is 30.7 Å². The van der Waals surface area contributed by atoms with E-state index in [1.54, 1.807) is 6.07 Å². The Morgan fingerprint density at radius 2 is 2.19 bits per heavy atom. The highest BCUT2D eigenvalue weighted by atomic mass is 16.5. The van der Waals surface area contributed by atoms with Crippen molar-refractivity contribution in [2.24, 2.45) is 11.7 Å². The standard InChI is InChI=1S/C12H19BNO2/c1-4-8(2)12(14)16-11-7-10(13-15)6-5-9(11)3/h5-8,12,15H,4,14H2,1-3H3. The molecule has 0 heterocycles. The number of hydrogen-bond donors (Lipinski definition) is 2. The summed E-state index contributed by atoms with van der Waals surface area (Å²) in [5, 5.41) is 8.93. The van der Waals surface area contributed by atoms with Gasteiger partial charge >= 0.3 is 7.48 Å². The summed E-state index contributed by atoms with van der Waals surface area (Å²) in [6.45, 7) is 6.10. The molecule has 0 aliphatic heterocycles. The lowest BCUT2D eigenvalue weighted by Gasteiger charge is -2.21. The second-order valence-corrected chi connectivity index (χ2v) is 4.12. The van der Waals surface area contributed by atoms with Gasteiger partial charge in [0.25, 0.3) is 0 Å². The van der Waals surface area contributed by atoms with Crippen LogP contribution in [0, 0.1) is 12.8 Å². The lowest BCUT2D eigenvalue weighted by molar-refractivity contribution is 0.145. The molecule has 1 aromatic carbocycles. The van der Waals surface area contributed by atoms with E-state index in [4.69, 9.17) is 15.5 Å². The van der Waals surface area contributed by atoms with Gasteiger partial charge in [-0.3, -0.25) is 5.73 Å². The van der Waals surface area contributed by atoms with Crippen molar-refractivity contribution in [3.05, 3.63) is 23.8 Å². The maximum absolute atomic E-state index is 8.93. The molecule has 2 atom stereocenters. The van der Waals surface area contributed by atoms with Crippen LogP contribution in [0.1, 0.15) is 25.8 Å². The highest BCUT2D eigenvalue weighted by molar-refractivity contribution is 6.45. The number of rotatable bonds is 5. The van der Waals surface area contributed by atoms with Crippen molar-refractivity contribution >= 4 is 12.9 Å². The summed E-state index contributed by atoms with van der Waals surface area (Å²) >= 11 is 0. The first kappa shape index (κ1) is 13.1. The van der Waals surface area contributed by atoms with E-state index in [9.17, 15) is 0 Å². The van der Waals surface area contributed by atoms with Crippen molar-refractivity contribution in [2.45, 2.75) is 33.4 Å². The largest absolute Gasteiger partial charge is 0.475 e. The Balaban J connectivity index is 2.79. The Bertz CT molecular complexity index is 344. The molecule has 1 aromatic rings. The van der Waals surface area contributed by atoms with Crippen LogP contribution in [-0.4, -0.2) is 18.7 Å². The van der Waals surface area contributed by atoms with Gasteiger partial charge in [0, 0.05) is 5.92 Å². The second kappa shape index (κ2) is 5.92. The number of aryl methyl sites for hydroxylation is 1. The normalized spacial score (nSPS) is 14.3. The maximum atomic E-state index is 8.93. The maximum Gasteiger partial charge on any atom is 0.326 e. The van der Waals surface area contributed by atoms with Crippen molar-refractivity contribution in [3.63, 3.8) is 0 Å². The van der Waals surface area contributed by atoms with Gasteiger partial charge in [-0.25, -0.2) is 0 Å². The molecule has 0 amide bonds. The molecule has 16 heavy (non-hydrogen) atoms. The van der Waals surface area contributed by atoms with E-state index in [2.05, 4.69) is 13.8 Å². The van der Waals surface area contributed by atoms with Gasteiger partial charge in [-0.2, -0.15) is 0 Å². The van der Waals surface area contributed by atoms with Gasteiger partial charge in [-0.1, -0.05) is 31.4 Å². The third kappa shape index (κ3) is 3.25. The van der Waals surface area contributed by atoms with E-state index in [-0.39, 0.29) is 6.23 Å². The van der Waals surface area contributed by atoms with Crippen LogP contribution in [0.15, 0.2) is 18.2 Å². The zero-order valence-corrected chi connectivity index (χ0v) is 10.1. The number of hydrogen-bond acceptors (Lipinski definition) is 3. The van der Waals surface area contributed by atoms with Crippen LogP contribution in [-0.2, 0) is 0 Å². The zero-order chi connectivity index (χ0) is 12.1. The van der Waals surface area contributed by atoms with Crippen LogP contribution < -0.4 is 15.9 Å². The van der Waals surface area contributed by atoms with E-state index in [1.165, 1.54) is 0 Å². The Morgan fingerprint density at radius 3 is 2.75 bits per heavy atom. The monoisotopic (exact) mass is 220 g/mol. The van der Waals surface area contributed by atoms with E-state index in [0.29, 0.717) is 5.92 Å². The molecule has 0 bridgehead atoms. The summed E-state index contributed by atoms with van der Waals surface area (Å²) in [5.41, 5.74) is 7.66. The minimum atomic E-state index is -0.308. The number of benzene rings is 1. The topological polar surface area (TPSA) is 55.5 Å². The third-order valence-electron chi connectivity index (χ3n) is 2.83. The molecule has 4 heteroatoms. The van der Waals surface area contributed by atoms with E-state index >= 15 is 0 Å². The van der Waals surface area contributed by atoms with Crippen LogP contribution in [0.5, 0.6) is 5.75 Å². The number of ether oxygens (including phenoxy) is 1. The predicted octanol–water partition coefficient (Wildman–Crippen LogP) is 0.942. The molecule has 0 aliphatic carbocycles. The Morgan fingerprint density at radius 1 is 1.50 bits per heavy atom. The highest BCUT2D eigenvalue weighted by Gasteiger charge is 2.13. The number of nitrogens with two attached hydrogens (primary N) is 1. The lowest BCUT2D eigenvalue weighted by Crippen LogP contribution is -2.34. The van der Waals surface area contributed by atoms with Crippen LogP contribution in [0.25, 0.3) is 0 Å². The van der Waals surface area contributed by atoms with Crippen molar-refractivity contribution in [1.82, 2.24) is 0 Å². The summed E-state index contributed by atoms with van der Waals surface area (Å²) in [6, 6.07) is 5.52. The fraction of sp³-hybridized carbons (Fsp3) is 0.500. The lowest BCUT2D eigenvalue weighted by atomic mass is 9.88. The molecular weight excluding hydrogens is 201 g/mol. The Kier molecular flexibility index (Phi) is 4.84. The molecule has 0 saturated heterocycles. The Hall–Kier alpha value is -0.995. The van der Waals surface area contributed by atoms with Gasteiger partial charge in [-0.15, -0.1) is 0 Å². The molecule has 1 radical (unpaired) electrons. The summed E-state index contributed by atoms with van der Waals surface area (Å²) in [5.74, 6) is 1.04. The van der Waals surface area contributed by atoms with Gasteiger partial charge in [0.15, 0.2) is 0 Å². The summed E-state index contributed by atoms with van der Waals surface area (Å²) in [4.78, 5) is 0. The summed E-state index contributed by atoms with van der Waals surface area (Å²) in [7, 11) is 1.06. The molecule has 3 nitrogen and oxygen atoms in total. The smallest absolute Gasteiger partial charge is 0.326 e. The Labute approximate surface area is 97.9 Å². The SMILES string of the molecule is CCC(C)C(N)Oc1cc([B]O)ccc1C. The van der Waals surface area contributed by atoms with Crippen molar-refractivity contribution in [2.75, 3.05) is 0 Å². The fourth-order valence-corrected chi connectivity index (χ4v) is 1.32.